The lowest BCUT2D eigenvalue weighted by molar-refractivity contribution is -0.159. The largest absolute Gasteiger partial charge is 0.489 e. The SMILES string of the molecule is CC(Oc1ccc(COc2ccc(Cl)cc2)cc1)C(=O)OCCOC(=O)C(C)Oc1ccc(COc2ccc(Cl)cc2)cc1. The van der Waals surface area contributed by atoms with Crippen molar-refractivity contribution in [2.24, 2.45) is 0 Å². The van der Waals surface area contributed by atoms with E-state index in [9.17, 15) is 9.59 Å². The zero-order chi connectivity index (χ0) is 31.3. The number of hydrogen-bond acceptors (Lipinski definition) is 8. The topological polar surface area (TPSA) is 89.5 Å². The van der Waals surface area contributed by atoms with E-state index in [1.54, 1.807) is 86.6 Å². The van der Waals surface area contributed by atoms with Crippen molar-refractivity contribution in [1.29, 1.82) is 0 Å². The molecule has 0 aliphatic rings. The summed E-state index contributed by atoms with van der Waals surface area (Å²) in [4.78, 5) is 24.7. The standard InChI is InChI=1S/C34H32Cl2O8/c1-23(43-31-11-3-25(4-12-31)21-41-29-15-7-27(35)8-16-29)33(37)39-19-20-40-34(38)24(2)44-32-13-5-26(6-14-32)22-42-30-17-9-28(36)10-18-30/h3-18,23-24H,19-22H2,1-2H3. The summed E-state index contributed by atoms with van der Waals surface area (Å²) in [7, 11) is 0. The Morgan fingerprint density at radius 3 is 1.18 bits per heavy atom. The van der Waals surface area contributed by atoms with Gasteiger partial charge in [0.05, 0.1) is 0 Å². The summed E-state index contributed by atoms with van der Waals surface area (Å²) in [5, 5.41) is 1.29. The van der Waals surface area contributed by atoms with Crippen molar-refractivity contribution in [3.8, 4) is 23.0 Å². The fourth-order valence-corrected chi connectivity index (χ4v) is 4.00. The van der Waals surface area contributed by atoms with Crippen LogP contribution in [0.25, 0.3) is 0 Å². The van der Waals surface area contributed by atoms with Gasteiger partial charge in [0, 0.05) is 10.0 Å². The van der Waals surface area contributed by atoms with Gasteiger partial charge in [0.1, 0.15) is 49.4 Å². The van der Waals surface area contributed by atoms with Crippen molar-refractivity contribution in [3.63, 3.8) is 0 Å². The minimum atomic E-state index is -0.858. The third-order valence-corrected chi connectivity index (χ3v) is 6.65. The molecule has 2 unspecified atom stereocenters. The normalized spacial score (nSPS) is 12.0. The van der Waals surface area contributed by atoms with Crippen molar-refractivity contribution in [1.82, 2.24) is 0 Å². The second kappa shape index (κ2) is 16.4. The first kappa shape index (κ1) is 32.5. The number of ether oxygens (including phenoxy) is 6. The fraction of sp³-hybridized carbons (Fsp3) is 0.235. The van der Waals surface area contributed by atoms with Gasteiger partial charge < -0.3 is 28.4 Å². The molecule has 0 N–H and O–H groups in total. The molecule has 230 valence electrons. The monoisotopic (exact) mass is 638 g/mol. The second-order valence-corrected chi connectivity index (χ2v) is 10.5. The van der Waals surface area contributed by atoms with Crippen LogP contribution < -0.4 is 18.9 Å². The molecule has 2 atom stereocenters. The maximum absolute atomic E-state index is 12.3. The highest BCUT2D eigenvalue weighted by Gasteiger charge is 2.19. The Bertz CT molecular complexity index is 1360. The Morgan fingerprint density at radius 1 is 0.523 bits per heavy atom. The average Bonchev–Trinajstić information content (AvgIpc) is 3.03. The summed E-state index contributed by atoms with van der Waals surface area (Å²) in [5.74, 6) is 1.26. The van der Waals surface area contributed by atoms with Crippen molar-refractivity contribution < 1.29 is 38.0 Å². The molecular formula is C34H32Cl2O8. The lowest BCUT2D eigenvalue weighted by Gasteiger charge is -2.16. The van der Waals surface area contributed by atoms with Crippen LogP contribution >= 0.6 is 23.2 Å². The average molecular weight is 640 g/mol. The highest BCUT2D eigenvalue weighted by atomic mass is 35.5. The van der Waals surface area contributed by atoms with Gasteiger partial charge in [-0.2, -0.15) is 0 Å². The molecule has 4 rings (SSSR count). The molecule has 0 heterocycles. The predicted octanol–water partition coefficient (Wildman–Crippen LogP) is 7.47. The zero-order valence-corrected chi connectivity index (χ0v) is 25.8. The third-order valence-electron chi connectivity index (χ3n) is 6.15. The zero-order valence-electron chi connectivity index (χ0n) is 24.2. The molecule has 4 aromatic carbocycles. The number of carbonyl (C=O) groups excluding carboxylic acids is 2. The van der Waals surface area contributed by atoms with Gasteiger partial charge in [-0.3, -0.25) is 0 Å². The molecule has 8 nitrogen and oxygen atoms in total. The maximum atomic E-state index is 12.3. The summed E-state index contributed by atoms with van der Waals surface area (Å²) in [6.45, 7) is 3.67. The van der Waals surface area contributed by atoms with Crippen molar-refractivity contribution in [3.05, 3.63) is 118 Å². The van der Waals surface area contributed by atoms with Crippen LogP contribution in [0.1, 0.15) is 25.0 Å². The molecular weight excluding hydrogens is 607 g/mol. The fourth-order valence-electron chi connectivity index (χ4n) is 3.75. The van der Waals surface area contributed by atoms with Gasteiger partial charge >= 0.3 is 11.9 Å². The Labute approximate surface area is 266 Å². The van der Waals surface area contributed by atoms with Crippen molar-refractivity contribution in [2.75, 3.05) is 13.2 Å². The first-order valence-electron chi connectivity index (χ1n) is 13.9. The van der Waals surface area contributed by atoms with E-state index in [2.05, 4.69) is 0 Å². The van der Waals surface area contributed by atoms with Gasteiger partial charge in [-0.25, -0.2) is 9.59 Å². The van der Waals surface area contributed by atoms with Crippen molar-refractivity contribution >= 4 is 35.1 Å². The van der Waals surface area contributed by atoms with Gasteiger partial charge in [0.25, 0.3) is 0 Å². The van der Waals surface area contributed by atoms with Crippen LogP contribution in [0.5, 0.6) is 23.0 Å². The quantitative estimate of drug-likeness (QED) is 0.0978. The molecule has 0 radical (unpaired) electrons. The lowest BCUT2D eigenvalue weighted by atomic mass is 10.2. The highest BCUT2D eigenvalue weighted by molar-refractivity contribution is 6.30. The molecule has 0 aliphatic carbocycles. The van der Waals surface area contributed by atoms with Crippen LogP contribution in [0.15, 0.2) is 97.1 Å². The van der Waals surface area contributed by atoms with Crippen LogP contribution in [0.4, 0.5) is 0 Å². The van der Waals surface area contributed by atoms with Gasteiger partial charge in [0.15, 0.2) is 12.2 Å². The Balaban J connectivity index is 1.10. The number of halogens is 2. The van der Waals surface area contributed by atoms with E-state index in [-0.39, 0.29) is 13.2 Å². The molecule has 0 aliphatic heterocycles. The van der Waals surface area contributed by atoms with Gasteiger partial charge in [-0.1, -0.05) is 47.5 Å². The summed E-state index contributed by atoms with van der Waals surface area (Å²) < 4.78 is 33.2. The molecule has 0 spiro atoms. The first-order valence-corrected chi connectivity index (χ1v) is 14.6. The summed E-state index contributed by atoms with van der Waals surface area (Å²) in [6.07, 6.45) is -1.72. The molecule has 10 heteroatoms. The second-order valence-electron chi connectivity index (χ2n) is 9.63. The molecule has 0 fully saturated rings. The first-order chi connectivity index (χ1) is 21.2. The van der Waals surface area contributed by atoms with E-state index in [1.165, 1.54) is 0 Å². The Hall–Kier alpha value is -4.40. The molecule has 0 aromatic heterocycles. The van der Waals surface area contributed by atoms with Gasteiger partial charge in [-0.05, 0) is 97.8 Å². The van der Waals surface area contributed by atoms with E-state index in [0.29, 0.717) is 46.3 Å². The van der Waals surface area contributed by atoms with Crippen molar-refractivity contribution in [2.45, 2.75) is 39.3 Å². The molecule has 0 saturated heterocycles. The number of benzene rings is 4. The number of carbonyl (C=O) groups is 2. The number of esters is 2. The van der Waals surface area contributed by atoms with E-state index >= 15 is 0 Å². The lowest BCUT2D eigenvalue weighted by Crippen LogP contribution is -2.30. The summed E-state index contributed by atoms with van der Waals surface area (Å²) in [6, 6.07) is 28.6. The maximum Gasteiger partial charge on any atom is 0.347 e. The Morgan fingerprint density at radius 2 is 0.841 bits per heavy atom. The molecule has 44 heavy (non-hydrogen) atoms. The molecule has 0 saturated carbocycles. The van der Waals surface area contributed by atoms with E-state index in [4.69, 9.17) is 51.6 Å². The smallest absolute Gasteiger partial charge is 0.347 e. The molecule has 0 bridgehead atoms. The van der Waals surface area contributed by atoms with Gasteiger partial charge in [0.2, 0.25) is 0 Å². The third kappa shape index (κ3) is 10.7. The van der Waals surface area contributed by atoms with Crippen LogP contribution in [0.3, 0.4) is 0 Å². The summed E-state index contributed by atoms with van der Waals surface area (Å²) >= 11 is 11.8. The van der Waals surface area contributed by atoms with E-state index in [0.717, 1.165) is 11.1 Å². The number of rotatable bonds is 15. The predicted molar refractivity (Wildman–Crippen MR) is 167 cm³/mol. The van der Waals surface area contributed by atoms with Crippen LogP contribution in [0.2, 0.25) is 10.0 Å². The molecule has 0 amide bonds. The molecule has 4 aromatic rings. The minimum Gasteiger partial charge on any atom is -0.489 e. The van der Waals surface area contributed by atoms with Crippen LogP contribution in [-0.2, 0) is 32.3 Å². The van der Waals surface area contributed by atoms with E-state index < -0.39 is 24.1 Å². The van der Waals surface area contributed by atoms with Gasteiger partial charge in [-0.15, -0.1) is 0 Å². The highest BCUT2D eigenvalue weighted by Crippen LogP contribution is 2.20. The minimum absolute atomic E-state index is 0.117. The summed E-state index contributed by atoms with van der Waals surface area (Å²) in [5.41, 5.74) is 1.86. The number of hydrogen-bond donors (Lipinski definition) is 0. The van der Waals surface area contributed by atoms with Crippen LogP contribution in [0, 0.1) is 0 Å². The Kier molecular flexibility index (Phi) is 12.2. The van der Waals surface area contributed by atoms with E-state index in [1.807, 2.05) is 24.3 Å². The van der Waals surface area contributed by atoms with Crippen LogP contribution in [-0.4, -0.2) is 37.4 Å².